The average Bonchev–Trinajstić information content (AvgIpc) is 3.16. The first-order valence-corrected chi connectivity index (χ1v) is 9.38. The summed E-state index contributed by atoms with van der Waals surface area (Å²) in [5.41, 5.74) is 3.59. The zero-order chi connectivity index (χ0) is 19.3. The molecule has 0 aliphatic carbocycles. The lowest BCUT2D eigenvalue weighted by atomic mass is 10.1. The van der Waals surface area contributed by atoms with Crippen LogP contribution in [0.5, 0.6) is 0 Å². The maximum atomic E-state index is 12.5. The van der Waals surface area contributed by atoms with Gasteiger partial charge in [-0.3, -0.25) is 4.79 Å². The number of halogens is 1. The van der Waals surface area contributed by atoms with E-state index in [1.807, 2.05) is 24.3 Å². The highest BCUT2D eigenvalue weighted by Gasteiger charge is 2.14. The molecule has 2 aromatic heterocycles. The van der Waals surface area contributed by atoms with Crippen LogP contribution in [0, 0.1) is 0 Å². The van der Waals surface area contributed by atoms with Crippen molar-refractivity contribution in [3.8, 4) is 5.69 Å². The molecule has 140 valence electrons. The number of nitrogens with one attached hydrogen (secondary N) is 1. The number of hydrogen-bond acceptors (Lipinski definition) is 4. The van der Waals surface area contributed by atoms with E-state index >= 15 is 0 Å². The Bertz CT molecular complexity index is 1110. The van der Waals surface area contributed by atoms with Crippen LogP contribution in [0.15, 0.2) is 66.9 Å². The van der Waals surface area contributed by atoms with Crippen molar-refractivity contribution < 1.29 is 4.79 Å². The van der Waals surface area contributed by atoms with Crippen LogP contribution < -0.4 is 5.32 Å². The van der Waals surface area contributed by atoms with E-state index in [1.165, 1.54) is 5.56 Å². The lowest BCUT2D eigenvalue weighted by Gasteiger charge is -2.09. The molecule has 0 aliphatic heterocycles. The first kappa shape index (κ1) is 18.1. The molecule has 0 aliphatic rings. The smallest absolute Gasteiger partial charge is 0.251 e. The van der Waals surface area contributed by atoms with Crippen LogP contribution in [0.2, 0.25) is 5.02 Å². The second kappa shape index (κ2) is 8.19. The van der Waals surface area contributed by atoms with Crippen LogP contribution in [0.3, 0.4) is 0 Å². The Kier molecular flexibility index (Phi) is 5.30. The molecule has 2 heterocycles. The van der Waals surface area contributed by atoms with Gasteiger partial charge in [0.25, 0.3) is 5.91 Å². The molecule has 0 unspecified atom stereocenters. The Balaban J connectivity index is 1.46. The van der Waals surface area contributed by atoms with E-state index in [9.17, 15) is 4.79 Å². The molecule has 0 radical (unpaired) electrons. The number of rotatable bonds is 6. The van der Waals surface area contributed by atoms with Gasteiger partial charge in [-0.05, 0) is 48.7 Å². The van der Waals surface area contributed by atoms with Gasteiger partial charge in [0, 0.05) is 18.3 Å². The standard InChI is InChI=1S/C21H18ClN5O/c22-17-11-10-16(21(28)24-13-4-8-15-6-2-1-3-7-15)14-19(17)27-20-18(25-26-27)9-5-12-23-20/h1-3,5-7,9-12,14H,4,8,13H2,(H,24,28). The lowest BCUT2D eigenvalue weighted by molar-refractivity contribution is 0.0953. The summed E-state index contributed by atoms with van der Waals surface area (Å²) in [4.78, 5) is 16.8. The minimum atomic E-state index is -0.150. The first-order valence-electron chi connectivity index (χ1n) is 9.01. The summed E-state index contributed by atoms with van der Waals surface area (Å²) >= 11 is 6.34. The van der Waals surface area contributed by atoms with Gasteiger partial charge in [0.15, 0.2) is 5.65 Å². The number of benzene rings is 2. The molecule has 1 N–H and O–H groups in total. The Labute approximate surface area is 167 Å². The Morgan fingerprint density at radius 2 is 1.93 bits per heavy atom. The maximum absolute atomic E-state index is 12.5. The van der Waals surface area contributed by atoms with Crippen LogP contribution in [-0.4, -0.2) is 32.4 Å². The molecule has 7 heteroatoms. The average molecular weight is 392 g/mol. The number of carbonyl (C=O) groups is 1. The van der Waals surface area contributed by atoms with Gasteiger partial charge in [-0.2, -0.15) is 4.68 Å². The van der Waals surface area contributed by atoms with E-state index < -0.39 is 0 Å². The van der Waals surface area contributed by atoms with E-state index in [0.717, 1.165) is 12.8 Å². The number of amides is 1. The summed E-state index contributed by atoms with van der Waals surface area (Å²) in [5, 5.41) is 11.6. The number of nitrogens with zero attached hydrogens (tertiary/aromatic N) is 4. The fourth-order valence-corrected chi connectivity index (χ4v) is 3.18. The first-order chi connectivity index (χ1) is 13.7. The normalized spacial score (nSPS) is 10.9. The summed E-state index contributed by atoms with van der Waals surface area (Å²) in [6, 6.07) is 18.9. The van der Waals surface area contributed by atoms with Gasteiger partial charge in [-0.1, -0.05) is 47.1 Å². The largest absolute Gasteiger partial charge is 0.352 e. The number of pyridine rings is 1. The minimum absolute atomic E-state index is 0.150. The number of aryl methyl sites for hydroxylation is 1. The van der Waals surface area contributed by atoms with Crippen molar-refractivity contribution in [1.82, 2.24) is 25.3 Å². The molecule has 2 aromatic carbocycles. The van der Waals surface area contributed by atoms with Gasteiger partial charge < -0.3 is 5.32 Å². The van der Waals surface area contributed by atoms with Crippen LogP contribution >= 0.6 is 11.6 Å². The number of hydrogen-bond donors (Lipinski definition) is 1. The fourth-order valence-electron chi connectivity index (χ4n) is 2.98. The fraction of sp³-hybridized carbons (Fsp3) is 0.143. The molecule has 0 saturated heterocycles. The van der Waals surface area contributed by atoms with Gasteiger partial charge in [0.2, 0.25) is 0 Å². The highest BCUT2D eigenvalue weighted by atomic mass is 35.5. The Morgan fingerprint density at radius 1 is 1.07 bits per heavy atom. The zero-order valence-electron chi connectivity index (χ0n) is 15.0. The Morgan fingerprint density at radius 3 is 2.79 bits per heavy atom. The van der Waals surface area contributed by atoms with Crippen LogP contribution in [0.1, 0.15) is 22.3 Å². The number of fused-ring (bicyclic) bond motifs is 1. The molecule has 28 heavy (non-hydrogen) atoms. The molecule has 0 spiro atoms. The molecular formula is C21H18ClN5O. The van der Waals surface area contributed by atoms with Gasteiger partial charge in [0.05, 0.1) is 10.7 Å². The number of aromatic nitrogens is 4. The second-order valence-corrected chi connectivity index (χ2v) is 6.77. The quantitative estimate of drug-likeness (QED) is 0.507. The van der Waals surface area contributed by atoms with Crippen molar-refractivity contribution in [2.45, 2.75) is 12.8 Å². The van der Waals surface area contributed by atoms with E-state index in [-0.39, 0.29) is 5.91 Å². The topological polar surface area (TPSA) is 72.7 Å². The molecule has 6 nitrogen and oxygen atoms in total. The predicted molar refractivity (Wildman–Crippen MR) is 109 cm³/mol. The zero-order valence-corrected chi connectivity index (χ0v) is 15.8. The molecule has 4 aromatic rings. The molecule has 0 saturated carbocycles. The molecular weight excluding hydrogens is 374 g/mol. The molecule has 4 rings (SSSR count). The van der Waals surface area contributed by atoms with E-state index in [0.29, 0.717) is 34.0 Å². The van der Waals surface area contributed by atoms with Crippen molar-refractivity contribution in [2.24, 2.45) is 0 Å². The third-order valence-corrected chi connectivity index (χ3v) is 4.74. The van der Waals surface area contributed by atoms with Gasteiger partial charge in [-0.15, -0.1) is 5.10 Å². The molecule has 1 amide bonds. The van der Waals surface area contributed by atoms with Gasteiger partial charge >= 0.3 is 0 Å². The maximum Gasteiger partial charge on any atom is 0.251 e. The van der Waals surface area contributed by atoms with E-state index in [1.54, 1.807) is 35.1 Å². The van der Waals surface area contributed by atoms with Crippen molar-refractivity contribution in [1.29, 1.82) is 0 Å². The van der Waals surface area contributed by atoms with Crippen molar-refractivity contribution in [2.75, 3.05) is 6.54 Å². The lowest BCUT2D eigenvalue weighted by Crippen LogP contribution is -2.25. The highest BCUT2D eigenvalue weighted by molar-refractivity contribution is 6.32. The SMILES string of the molecule is O=C(NCCCc1ccccc1)c1ccc(Cl)c(-n2nnc3cccnc32)c1. The van der Waals surface area contributed by atoms with Crippen molar-refractivity contribution >= 4 is 28.7 Å². The van der Waals surface area contributed by atoms with Gasteiger partial charge in [0.1, 0.15) is 5.52 Å². The third kappa shape index (κ3) is 3.87. The predicted octanol–water partition coefficient (Wildman–Crippen LogP) is 3.83. The molecule has 0 fully saturated rings. The van der Waals surface area contributed by atoms with Crippen LogP contribution in [-0.2, 0) is 6.42 Å². The van der Waals surface area contributed by atoms with Crippen LogP contribution in [0.4, 0.5) is 0 Å². The second-order valence-electron chi connectivity index (χ2n) is 6.36. The van der Waals surface area contributed by atoms with Crippen LogP contribution in [0.25, 0.3) is 16.9 Å². The van der Waals surface area contributed by atoms with E-state index in [4.69, 9.17) is 11.6 Å². The summed E-state index contributed by atoms with van der Waals surface area (Å²) in [7, 11) is 0. The summed E-state index contributed by atoms with van der Waals surface area (Å²) in [6.07, 6.45) is 3.46. The number of carbonyl (C=O) groups excluding carboxylic acids is 1. The van der Waals surface area contributed by atoms with Crippen molar-refractivity contribution in [3.05, 3.63) is 83.0 Å². The van der Waals surface area contributed by atoms with Crippen molar-refractivity contribution in [3.63, 3.8) is 0 Å². The Hall–Kier alpha value is -3.25. The molecule has 0 atom stereocenters. The third-order valence-electron chi connectivity index (χ3n) is 4.42. The molecule has 0 bridgehead atoms. The minimum Gasteiger partial charge on any atom is -0.352 e. The summed E-state index contributed by atoms with van der Waals surface area (Å²) in [6.45, 7) is 0.597. The van der Waals surface area contributed by atoms with Gasteiger partial charge in [-0.25, -0.2) is 4.98 Å². The van der Waals surface area contributed by atoms with E-state index in [2.05, 4.69) is 32.7 Å². The monoisotopic (exact) mass is 391 g/mol. The highest BCUT2D eigenvalue weighted by Crippen LogP contribution is 2.23. The summed E-state index contributed by atoms with van der Waals surface area (Å²) < 4.78 is 1.55. The summed E-state index contributed by atoms with van der Waals surface area (Å²) in [5.74, 6) is -0.150.